The highest BCUT2D eigenvalue weighted by molar-refractivity contribution is 7.92. The van der Waals surface area contributed by atoms with E-state index in [2.05, 4.69) is 4.72 Å². The smallest absolute Gasteiger partial charge is 0.262 e. The van der Waals surface area contributed by atoms with Crippen molar-refractivity contribution in [2.24, 2.45) is 0 Å². The lowest BCUT2D eigenvalue weighted by atomic mass is 10.2. The number of benzene rings is 2. The van der Waals surface area contributed by atoms with E-state index in [9.17, 15) is 17.2 Å². The third-order valence-corrected chi connectivity index (χ3v) is 3.99. The number of ether oxygens (including phenoxy) is 1. The summed E-state index contributed by atoms with van der Waals surface area (Å²) in [5.41, 5.74) is 6.03. The molecule has 0 amide bonds. The Morgan fingerprint density at radius 2 is 1.71 bits per heavy atom. The van der Waals surface area contributed by atoms with Gasteiger partial charge in [0.1, 0.15) is 17.4 Å². The average Bonchev–Trinajstić information content (AvgIpc) is 2.37. The Bertz CT molecular complexity index is 759. The van der Waals surface area contributed by atoms with Crippen molar-refractivity contribution in [1.29, 1.82) is 0 Å². The molecule has 0 saturated heterocycles. The molecule has 2 rings (SSSR count). The van der Waals surface area contributed by atoms with Crippen molar-refractivity contribution in [3.05, 3.63) is 48.0 Å². The fraction of sp³-hybridized carbons (Fsp3) is 0.0769. The molecule has 5 nitrogen and oxygen atoms in total. The summed E-state index contributed by atoms with van der Waals surface area (Å²) in [5, 5.41) is 0. The highest BCUT2D eigenvalue weighted by Gasteiger charge is 2.17. The first-order valence-electron chi connectivity index (χ1n) is 5.74. The fourth-order valence-corrected chi connectivity index (χ4v) is 2.79. The zero-order chi connectivity index (χ0) is 15.6. The van der Waals surface area contributed by atoms with Crippen molar-refractivity contribution < 1.29 is 21.9 Å². The number of sulfonamides is 1. The third kappa shape index (κ3) is 3.40. The van der Waals surface area contributed by atoms with E-state index in [4.69, 9.17) is 10.5 Å². The zero-order valence-corrected chi connectivity index (χ0v) is 11.7. The summed E-state index contributed by atoms with van der Waals surface area (Å²) in [6.07, 6.45) is 0. The number of anilines is 2. The van der Waals surface area contributed by atoms with Gasteiger partial charge in [-0.25, -0.2) is 17.2 Å². The first-order valence-corrected chi connectivity index (χ1v) is 7.22. The summed E-state index contributed by atoms with van der Waals surface area (Å²) in [7, 11) is -2.70. The topological polar surface area (TPSA) is 81.4 Å². The second-order valence-electron chi connectivity index (χ2n) is 4.17. The minimum atomic E-state index is -4.12. The van der Waals surface area contributed by atoms with E-state index in [0.29, 0.717) is 11.8 Å². The predicted molar refractivity (Wildman–Crippen MR) is 74.6 cm³/mol. The zero-order valence-electron chi connectivity index (χ0n) is 10.9. The van der Waals surface area contributed by atoms with Gasteiger partial charge in [0.2, 0.25) is 0 Å². The molecule has 0 atom stereocenters. The standard InChI is InChI=1S/C13H12F2N2O3S/c1-20-13-3-2-10(7-12(13)16)17-21(18,19)11-5-8(14)4-9(15)6-11/h2-7,17H,16H2,1H3. The van der Waals surface area contributed by atoms with E-state index < -0.39 is 26.6 Å². The molecule has 0 aromatic heterocycles. The Kier molecular flexibility index (Phi) is 3.99. The minimum Gasteiger partial charge on any atom is -0.495 e. The van der Waals surface area contributed by atoms with Crippen LogP contribution in [0.25, 0.3) is 0 Å². The molecule has 3 N–H and O–H groups in total. The van der Waals surface area contributed by atoms with Crippen LogP contribution >= 0.6 is 0 Å². The minimum absolute atomic E-state index is 0.151. The summed E-state index contributed by atoms with van der Waals surface area (Å²) in [5.74, 6) is -1.58. The lowest BCUT2D eigenvalue weighted by molar-refractivity contribution is 0.417. The number of nitrogens with one attached hydrogen (secondary N) is 1. The molecule has 0 aliphatic carbocycles. The van der Waals surface area contributed by atoms with Gasteiger partial charge in [-0.3, -0.25) is 4.72 Å². The first kappa shape index (κ1) is 15.0. The van der Waals surface area contributed by atoms with E-state index >= 15 is 0 Å². The van der Waals surface area contributed by atoms with Gasteiger partial charge in [0.05, 0.1) is 23.4 Å². The van der Waals surface area contributed by atoms with E-state index in [1.807, 2.05) is 0 Å². The van der Waals surface area contributed by atoms with Crippen LogP contribution in [0, 0.1) is 11.6 Å². The maximum Gasteiger partial charge on any atom is 0.262 e. The molecule has 0 aliphatic rings. The molecule has 112 valence electrons. The molecule has 0 aliphatic heterocycles. The largest absolute Gasteiger partial charge is 0.495 e. The van der Waals surface area contributed by atoms with Crippen LogP contribution in [0.2, 0.25) is 0 Å². The molecule has 21 heavy (non-hydrogen) atoms. The van der Waals surface area contributed by atoms with Crippen LogP contribution < -0.4 is 15.2 Å². The number of hydrogen-bond donors (Lipinski definition) is 2. The average molecular weight is 314 g/mol. The molecule has 0 fully saturated rings. The number of methoxy groups -OCH3 is 1. The van der Waals surface area contributed by atoms with Crippen molar-refractivity contribution in [3.63, 3.8) is 0 Å². The van der Waals surface area contributed by atoms with Gasteiger partial charge in [0.25, 0.3) is 10.0 Å². The van der Waals surface area contributed by atoms with Crippen LogP contribution in [0.1, 0.15) is 0 Å². The quantitative estimate of drug-likeness (QED) is 0.849. The molecule has 0 heterocycles. The predicted octanol–water partition coefficient (Wildman–Crippen LogP) is 2.36. The van der Waals surface area contributed by atoms with Gasteiger partial charge in [0.15, 0.2) is 0 Å². The van der Waals surface area contributed by atoms with Crippen LogP contribution in [0.3, 0.4) is 0 Å². The summed E-state index contributed by atoms with van der Waals surface area (Å²) in [4.78, 5) is -0.519. The second-order valence-corrected chi connectivity index (χ2v) is 5.85. The van der Waals surface area contributed by atoms with Crippen molar-refractivity contribution in [3.8, 4) is 5.75 Å². The Hall–Kier alpha value is -2.35. The van der Waals surface area contributed by atoms with Crippen LogP contribution in [-0.4, -0.2) is 15.5 Å². The maximum atomic E-state index is 13.1. The number of rotatable bonds is 4. The summed E-state index contributed by atoms with van der Waals surface area (Å²) >= 11 is 0. The highest BCUT2D eigenvalue weighted by Crippen LogP contribution is 2.26. The molecular weight excluding hydrogens is 302 g/mol. The van der Waals surface area contributed by atoms with Gasteiger partial charge in [-0.05, 0) is 30.3 Å². The SMILES string of the molecule is COc1ccc(NS(=O)(=O)c2cc(F)cc(F)c2)cc1N. The molecule has 2 aromatic carbocycles. The Labute approximate surface area is 120 Å². The lowest BCUT2D eigenvalue weighted by Crippen LogP contribution is -2.13. The summed E-state index contributed by atoms with van der Waals surface area (Å²) in [6, 6.07) is 6.26. The molecule has 2 aromatic rings. The molecule has 0 bridgehead atoms. The lowest BCUT2D eigenvalue weighted by Gasteiger charge is -2.10. The van der Waals surface area contributed by atoms with Gasteiger partial charge >= 0.3 is 0 Å². The van der Waals surface area contributed by atoms with E-state index in [-0.39, 0.29) is 11.4 Å². The number of halogens is 2. The van der Waals surface area contributed by atoms with E-state index in [0.717, 1.165) is 12.1 Å². The molecule has 0 radical (unpaired) electrons. The molecule has 8 heteroatoms. The monoisotopic (exact) mass is 314 g/mol. The Morgan fingerprint density at radius 3 is 2.24 bits per heavy atom. The Balaban J connectivity index is 2.35. The number of hydrogen-bond acceptors (Lipinski definition) is 4. The van der Waals surface area contributed by atoms with Gasteiger partial charge in [-0.1, -0.05) is 0 Å². The molecule has 0 saturated carbocycles. The van der Waals surface area contributed by atoms with Gasteiger partial charge in [-0.2, -0.15) is 0 Å². The second kappa shape index (κ2) is 5.57. The number of nitrogen functional groups attached to an aromatic ring is 1. The van der Waals surface area contributed by atoms with Crippen molar-refractivity contribution in [2.45, 2.75) is 4.90 Å². The number of nitrogens with two attached hydrogens (primary N) is 1. The van der Waals surface area contributed by atoms with Crippen LogP contribution in [0.4, 0.5) is 20.2 Å². The molecule has 0 spiro atoms. The van der Waals surface area contributed by atoms with Gasteiger partial charge < -0.3 is 10.5 Å². The van der Waals surface area contributed by atoms with Crippen LogP contribution in [0.15, 0.2) is 41.3 Å². The van der Waals surface area contributed by atoms with E-state index in [1.165, 1.54) is 25.3 Å². The Morgan fingerprint density at radius 1 is 1.10 bits per heavy atom. The normalized spacial score (nSPS) is 11.2. The summed E-state index contributed by atoms with van der Waals surface area (Å²) < 4.78 is 57.4. The maximum absolute atomic E-state index is 13.1. The van der Waals surface area contributed by atoms with Gasteiger partial charge in [0, 0.05) is 6.07 Å². The van der Waals surface area contributed by atoms with Crippen molar-refractivity contribution in [1.82, 2.24) is 0 Å². The first-order chi connectivity index (χ1) is 9.81. The molecule has 0 unspecified atom stereocenters. The third-order valence-electron chi connectivity index (χ3n) is 2.63. The fourth-order valence-electron chi connectivity index (χ4n) is 1.70. The van der Waals surface area contributed by atoms with Crippen molar-refractivity contribution >= 4 is 21.4 Å². The van der Waals surface area contributed by atoms with Gasteiger partial charge in [-0.15, -0.1) is 0 Å². The highest BCUT2D eigenvalue weighted by atomic mass is 32.2. The van der Waals surface area contributed by atoms with Crippen molar-refractivity contribution in [2.75, 3.05) is 17.6 Å². The van der Waals surface area contributed by atoms with E-state index in [1.54, 1.807) is 0 Å². The summed E-state index contributed by atoms with van der Waals surface area (Å²) in [6.45, 7) is 0. The van der Waals surface area contributed by atoms with Crippen LogP contribution in [0.5, 0.6) is 5.75 Å². The van der Waals surface area contributed by atoms with Crippen LogP contribution in [-0.2, 0) is 10.0 Å². The molecular formula is C13H12F2N2O3S.